The second-order valence-corrected chi connectivity index (χ2v) is 5.79. The molecule has 1 unspecified atom stereocenters. The predicted molar refractivity (Wildman–Crippen MR) is 53.4 cm³/mol. The Bertz CT molecular complexity index is 238. The van der Waals surface area contributed by atoms with Gasteiger partial charge >= 0.3 is 0 Å². The molecule has 0 aromatic heterocycles. The maximum atomic E-state index is 10.9. The summed E-state index contributed by atoms with van der Waals surface area (Å²) in [4.78, 5) is 0. The van der Waals surface area contributed by atoms with Gasteiger partial charge in [0.15, 0.2) is 0 Å². The van der Waals surface area contributed by atoms with E-state index in [9.17, 15) is 8.42 Å². The van der Waals surface area contributed by atoms with Crippen molar-refractivity contribution < 1.29 is 13.2 Å². The molecule has 0 rings (SSSR count). The van der Waals surface area contributed by atoms with Crippen molar-refractivity contribution in [1.29, 1.82) is 0 Å². The van der Waals surface area contributed by atoms with Gasteiger partial charge in [-0.2, -0.15) is 0 Å². The molecule has 0 radical (unpaired) electrons. The third-order valence-electron chi connectivity index (χ3n) is 2.11. The van der Waals surface area contributed by atoms with Crippen LogP contribution in [0.3, 0.4) is 0 Å². The third kappa shape index (κ3) is 6.01. The summed E-state index contributed by atoms with van der Waals surface area (Å²) in [5, 5.41) is 0. The Labute approximate surface area is 80.4 Å². The first-order valence-corrected chi connectivity index (χ1v) is 6.34. The van der Waals surface area contributed by atoms with Crippen LogP contribution in [0.5, 0.6) is 0 Å². The lowest BCUT2D eigenvalue weighted by Crippen LogP contribution is -2.45. The van der Waals surface area contributed by atoms with Gasteiger partial charge in [-0.15, -0.1) is 0 Å². The zero-order chi connectivity index (χ0) is 10.5. The first kappa shape index (κ1) is 12.9. The summed E-state index contributed by atoms with van der Waals surface area (Å²) in [6.45, 7) is 2.33. The molecule has 0 saturated heterocycles. The minimum Gasteiger partial charge on any atom is -0.383 e. The van der Waals surface area contributed by atoms with E-state index in [1.807, 2.05) is 6.92 Å². The summed E-state index contributed by atoms with van der Waals surface area (Å²) in [5.41, 5.74) is 5.42. The number of sulfone groups is 1. The molecule has 0 aromatic rings. The van der Waals surface area contributed by atoms with Crippen LogP contribution in [0.25, 0.3) is 0 Å². The van der Waals surface area contributed by atoms with E-state index in [1.54, 1.807) is 7.11 Å². The number of hydrogen-bond donors (Lipinski definition) is 1. The molecule has 5 heteroatoms. The quantitative estimate of drug-likeness (QED) is 0.677. The summed E-state index contributed by atoms with van der Waals surface area (Å²) in [6.07, 6.45) is 2.39. The minimum absolute atomic E-state index is 0.126. The Balaban J connectivity index is 4.13. The summed E-state index contributed by atoms with van der Waals surface area (Å²) in [6, 6.07) is 0. The highest BCUT2D eigenvalue weighted by Gasteiger charge is 2.23. The first-order chi connectivity index (χ1) is 5.83. The predicted octanol–water partition coefficient (Wildman–Crippen LogP) is 0.175. The zero-order valence-electron chi connectivity index (χ0n) is 8.54. The number of rotatable bonds is 6. The number of methoxy groups -OCH3 is 1. The average Bonchev–Trinajstić information content (AvgIpc) is 2.01. The van der Waals surface area contributed by atoms with Crippen LogP contribution in [0.4, 0.5) is 0 Å². The summed E-state index contributed by atoms with van der Waals surface area (Å²) in [7, 11) is -1.35. The Morgan fingerprint density at radius 3 is 2.31 bits per heavy atom. The Morgan fingerprint density at radius 1 is 1.46 bits per heavy atom. The fraction of sp³-hybridized carbons (Fsp3) is 1.00. The van der Waals surface area contributed by atoms with E-state index < -0.39 is 15.4 Å². The molecular formula is C8H19NO3S. The van der Waals surface area contributed by atoms with Crippen molar-refractivity contribution >= 4 is 9.84 Å². The van der Waals surface area contributed by atoms with Crippen LogP contribution in [0, 0.1) is 0 Å². The molecular weight excluding hydrogens is 190 g/mol. The van der Waals surface area contributed by atoms with Gasteiger partial charge in [0, 0.05) is 18.9 Å². The van der Waals surface area contributed by atoms with Gasteiger partial charge in [-0.1, -0.05) is 6.92 Å². The average molecular weight is 209 g/mol. The largest absolute Gasteiger partial charge is 0.383 e. The van der Waals surface area contributed by atoms with Crippen molar-refractivity contribution in [2.45, 2.75) is 25.3 Å². The molecule has 0 spiro atoms. The minimum atomic E-state index is -2.92. The van der Waals surface area contributed by atoms with E-state index in [2.05, 4.69) is 0 Å². The summed E-state index contributed by atoms with van der Waals surface area (Å²) >= 11 is 0. The standard InChI is InChI=1S/C8H19NO3S/c1-4-8(9,7-12-2)5-6-13(3,10)11/h4-7,9H2,1-3H3. The molecule has 1 atom stereocenters. The highest BCUT2D eigenvalue weighted by molar-refractivity contribution is 7.90. The van der Waals surface area contributed by atoms with Crippen LogP contribution in [-0.4, -0.2) is 39.7 Å². The van der Waals surface area contributed by atoms with Gasteiger partial charge < -0.3 is 10.5 Å². The Morgan fingerprint density at radius 2 is 2.00 bits per heavy atom. The lowest BCUT2D eigenvalue weighted by molar-refractivity contribution is 0.127. The molecule has 0 aliphatic carbocycles. The van der Waals surface area contributed by atoms with Gasteiger partial charge in [0.25, 0.3) is 0 Å². The number of nitrogens with two attached hydrogens (primary N) is 1. The van der Waals surface area contributed by atoms with Crippen molar-refractivity contribution in [3.05, 3.63) is 0 Å². The number of ether oxygens (including phenoxy) is 1. The second kappa shape index (κ2) is 4.93. The van der Waals surface area contributed by atoms with Crippen LogP contribution in [-0.2, 0) is 14.6 Å². The highest BCUT2D eigenvalue weighted by Crippen LogP contribution is 2.12. The van der Waals surface area contributed by atoms with Crippen molar-refractivity contribution in [2.24, 2.45) is 5.73 Å². The van der Waals surface area contributed by atoms with Crippen LogP contribution in [0.2, 0.25) is 0 Å². The van der Waals surface area contributed by atoms with Crippen LogP contribution >= 0.6 is 0 Å². The van der Waals surface area contributed by atoms with Gasteiger partial charge in [-0.05, 0) is 12.8 Å². The molecule has 0 fully saturated rings. The van der Waals surface area contributed by atoms with Crippen LogP contribution in [0.15, 0.2) is 0 Å². The zero-order valence-corrected chi connectivity index (χ0v) is 9.36. The fourth-order valence-electron chi connectivity index (χ4n) is 1.03. The van der Waals surface area contributed by atoms with Gasteiger partial charge in [0.2, 0.25) is 0 Å². The first-order valence-electron chi connectivity index (χ1n) is 4.28. The smallest absolute Gasteiger partial charge is 0.147 e. The van der Waals surface area contributed by atoms with Crippen molar-refractivity contribution in [3.8, 4) is 0 Å². The van der Waals surface area contributed by atoms with Crippen molar-refractivity contribution in [3.63, 3.8) is 0 Å². The monoisotopic (exact) mass is 209 g/mol. The van der Waals surface area contributed by atoms with E-state index in [4.69, 9.17) is 10.5 Å². The Kier molecular flexibility index (Phi) is 4.88. The molecule has 4 nitrogen and oxygen atoms in total. The topological polar surface area (TPSA) is 69.4 Å². The van der Waals surface area contributed by atoms with Crippen molar-refractivity contribution in [2.75, 3.05) is 25.7 Å². The highest BCUT2D eigenvalue weighted by atomic mass is 32.2. The van der Waals surface area contributed by atoms with Gasteiger partial charge in [0.1, 0.15) is 9.84 Å². The maximum absolute atomic E-state index is 10.9. The molecule has 0 bridgehead atoms. The van der Waals surface area contributed by atoms with E-state index in [1.165, 1.54) is 6.26 Å². The molecule has 0 saturated carbocycles. The maximum Gasteiger partial charge on any atom is 0.147 e. The molecule has 13 heavy (non-hydrogen) atoms. The normalized spacial score (nSPS) is 16.9. The Hall–Kier alpha value is -0.130. The van der Waals surface area contributed by atoms with Crippen molar-refractivity contribution in [1.82, 2.24) is 0 Å². The molecule has 0 aliphatic rings. The van der Waals surface area contributed by atoms with Gasteiger partial charge in [0.05, 0.1) is 12.4 Å². The van der Waals surface area contributed by atoms with E-state index >= 15 is 0 Å². The lowest BCUT2D eigenvalue weighted by Gasteiger charge is -2.26. The molecule has 0 heterocycles. The summed E-state index contributed by atoms with van der Waals surface area (Å²) in [5.74, 6) is 0.126. The van der Waals surface area contributed by atoms with Gasteiger partial charge in [-0.3, -0.25) is 0 Å². The lowest BCUT2D eigenvalue weighted by atomic mass is 9.96. The second-order valence-electron chi connectivity index (χ2n) is 3.53. The molecule has 0 amide bonds. The summed E-state index contributed by atoms with van der Waals surface area (Å²) < 4.78 is 26.7. The van der Waals surface area contributed by atoms with Crippen LogP contribution in [0.1, 0.15) is 19.8 Å². The molecule has 0 aromatic carbocycles. The number of hydrogen-bond acceptors (Lipinski definition) is 4. The SMILES string of the molecule is CCC(N)(CCS(C)(=O)=O)COC. The van der Waals surface area contributed by atoms with E-state index in [0.717, 1.165) is 6.42 Å². The molecule has 0 aliphatic heterocycles. The third-order valence-corrected chi connectivity index (χ3v) is 3.05. The molecule has 80 valence electrons. The van der Waals surface area contributed by atoms with E-state index in [0.29, 0.717) is 13.0 Å². The molecule has 2 N–H and O–H groups in total. The van der Waals surface area contributed by atoms with Crippen LogP contribution < -0.4 is 5.73 Å². The van der Waals surface area contributed by atoms with E-state index in [-0.39, 0.29) is 5.75 Å². The van der Waals surface area contributed by atoms with Gasteiger partial charge in [-0.25, -0.2) is 8.42 Å². The fourth-order valence-corrected chi connectivity index (χ4v) is 1.80.